The maximum Gasteiger partial charge on any atom is 0.308 e. The molecule has 2 amide bonds. The standard InChI is InChI=1S/C22H22FNO4/c1-3-28-22(27)14(2)12-17(13-15-8-10-16(23)11-9-15)24-20(25)18-6-4-5-7-19(18)21(24)26/h4-11,14,17H,3,12-13H2,1-2H3/t14-,17-/m1/s1. The molecule has 0 aromatic heterocycles. The van der Waals surface area contributed by atoms with Crippen molar-refractivity contribution in [1.82, 2.24) is 4.90 Å². The maximum absolute atomic E-state index is 13.2. The molecule has 0 saturated heterocycles. The Hall–Kier alpha value is -3.02. The Kier molecular flexibility index (Phi) is 5.87. The number of halogens is 1. The van der Waals surface area contributed by atoms with Gasteiger partial charge in [-0.05, 0) is 49.6 Å². The lowest BCUT2D eigenvalue weighted by Gasteiger charge is -2.28. The highest BCUT2D eigenvalue weighted by Gasteiger charge is 2.40. The normalized spacial score (nSPS) is 15.3. The minimum atomic E-state index is -0.544. The molecule has 1 aliphatic rings. The van der Waals surface area contributed by atoms with Crippen molar-refractivity contribution in [3.63, 3.8) is 0 Å². The van der Waals surface area contributed by atoms with Gasteiger partial charge in [-0.3, -0.25) is 19.3 Å². The largest absolute Gasteiger partial charge is 0.466 e. The van der Waals surface area contributed by atoms with Gasteiger partial charge in [0.25, 0.3) is 11.8 Å². The first-order valence-electron chi connectivity index (χ1n) is 9.30. The van der Waals surface area contributed by atoms with E-state index in [9.17, 15) is 18.8 Å². The molecule has 146 valence electrons. The first kappa shape index (κ1) is 19.7. The van der Waals surface area contributed by atoms with Crippen molar-refractivity contribution in [1.29, 1.82) is 0 Å². The van der Waals surface area contributed by atoms with Gasteiger partial charge in [0.2, 0.25) is 0 Å². The average Bonchev–Trinajstić information content (AvgIpc) is 2.94. The fourth-order valence-corrected chi connectivity index (χ4v) is 3.50. The molecule has 2 atom stereocenters. The van der Waals surface area contributed by atoms with E-state index in [-0.39, 0.29) is 36.6 Å². The summed E-state index contributed by atoms with van der Waals surface area (Å²) >= 11 is 0. The maximum atomic E-state index is 13.2. The van der Waals surface area contributed by atoms with Crippen molar-refractivity contribution in [3.05, 3.63) is 71.0 Å². The summed E-state index contributed by atoms with van der Waals surface area (Å²) < 4.78 is 18.3. The minimum Gasteiger partial charge on any atom is -0.466 e. The fourth-order valence-electron chi connectivity index (χ4n) is 3.50. The van der Waals surface area contributed by atoms with E-state index in [0.717, 1.165) is 5.56 Å². The number of imide groups is 1. The van der Waals surface area contributed by atoms with Gasteiger partial charge in [0.05, 0.1) is 23.7 Å². The summed E-state index contributed by atoms with van der Waals surface area (Å²) in [6, 6.07) is 12.0. The predicted molar refractivity (Wildman–Crippen MR) is 101 cm³/mol. The number of amides is 2. The van der Waals surface area contributed by atoms with Gasteiger partial charge in [0.15, 0.2) is 0 Å². The molecule has 0 bridgehead atoms. The average molecular weight is 383 g/mol. The van der Waals surface area contributed by atoms with E-state index in [0.29, 0.717) is 17.5 Å². The van der Waals surface area contributed by atoms with Crippen molar-refractivity contribution >= 4 is 17.8 Å². The van der Waals surface area contributed by atoms with E-state index in [1.807, 2.05) is 0 Å². The summed E-state index contributed by atoms with van der Waals surface area (Å²) in [5, 5.41) is 0. The molecule has 0 spiro atoms. The second-order valence-corrected chi connectivity index (χ2v) is 6.90. The first-order chi connectivity index (χ1) is 13.4. The van der Waals surface area contributed by atoms with Crippen LogP contribution in [0.2, 0.25) is 0 Å². The van der Waals surface area contributed by atoms with Gasteiger partial charge in [-0.25, -0.2) is 4.39 Å². The van der Waals surface area contributed by atoms with Crippen molar-refractivity contribution in [2.45, 2.75) is 32.7 Å². The van der Waals surface area contributed by atoms with E-state index in [4.69, 9.17) is 4.74 Å². The predicted octanol–water partition coefficient (Wildman–Crippen LogP) is 3.62. The molecule has 0 unspecified atom stereocenters. The lowest BCUT2D eigenvalue weighted by molar-refractivity contribution is -0.148. The Labute approximate surface area is 163 Å². The molecular formula is C22H22FNO4. The van der Waals surface area contributed by atoms with Crippen LogP contribution in [0.15, 0.2) is 48.5 Å². The van der Waals surface area contributed by atoms with Crippen molar-refractivity contribution in [3.8, 4) is 0 Å². The Morgan fingerprint density at radius 1 is 1.04 bits per heavy atom. The smallest absolute Gasteiger partial charge is 0.308 e. The molecule has 28 heavy (non-hydrogen) atoms. The van der Waals surface area contributed by atoms with E-state index in [1.165, 1.54) is 17.0 Å². The van der Waals surface area contributed by atoms with Crippen LogP contribution in [0.25, 0.3) is 0 Å². The molecule has 1 aliphatic heterocycles. The molecule has 0 saturated carbocycles. The zero-order valence-electron chi connectivity index (χ0n) is 15.9. The fraction of sp³-hybridized carbons (Fsp3) is 0.318. The van der Waals surface area contributed by atoms with Gasteiger partial charge in [0, 0.05) is 6.04 Å². The Bertz CT molecular complexity index is 859. The Morgan fingerprint density at radius 2 is 1.61 bits per heavy atom. The molecule has 2 aromatic rings. The van der Waals surface area contributed by atoms with Crippen LogP contribution in [0.5, 0.6) is 0 Å². The molecule has 2 aromatic carbocycles. The van der Waals surface area contributed by atoms with Crippen LogP contribution in [-0.2, 0) is 16.0 Å². The SMILES string of the molecule is CCOC(=O)[C@H](C)C[C@H](Cc1ccc(F)cc1)N1C(=O)c2ccccc2C1=O. The zero-order chi connectivity index (χ0) is 20.3. The van der Waals surface area contributed by atoms with Crippen molar-refractivity contribution in [2.24, 2.45) is 5.92 Å². The molecule has 0 N–H and O–H groups in total. The number of carbonyl (C=O) groups excluding carboxylic acids is 3. The molecule has 6 heteroatoms. The van der Waals surface area contributed by atoms with Crippen molar-refractivity contribution < 1.29 is 23.5 Å². The summed E-state index contributed by atoms with van der Waals surface area (Å²) in [5.74, 6) is -1.97. The number of nitrogens with zero attached hydrogens (tertiary/aromatic N) is 1. The van der Waals surface area contributed by atoms with Gasteiger partial charge in [0.1, 0.15) is 5.82 Å². The summed E-state index contributed by atoms with van der Waals surface area (Å²) in [5.41, 5.74) is 1.50. The molecule has 1 heterocycles. The van der Waals surface area contributed by atoms with Crippen LogP contribution in [0.3, 0.4) is 0 Å². The van der Waals surface area contributed by atoms with Crippen LogP contribution >= 0.6 is 0 Å². The molecular weight excluding hydrogens is 361 g/mol. The summed E-state index contributed by atoms with van der Waals surface area (Å²) in [7, 11) is 0. The highest BCUT2D eigenvalue weighted by molar-refractivity contribution is 6.21. The zero-order valence-corrected chi connectivity index (χ0v) is 15.9. The Morgan fingerprint density at radius 3 is 2.14 bits per heavy atom. The van der Waals surface area contributed by atoms with E-state index in [1.54, 1.807) is 50.2 Å². The lowest BCUT2D eigenvalue weighted by atomic mass is 9.94. The van der Waals surface area contributed by atoms with Crippen LogP contribution < -0.4 is 0 Å². The van der Waals surface area contributed by atoms with Crippen LogP contribution in [0.4, 0.5) is 4.39 Å². The number of benzene rings is 2. The third-order valence-corrected chi connectivity index (χ3v) is 4.89. The van der Waals surface area contributed by atoms with E-state index < -0.39 is 12.0 Å². The topological polar surface area (TPSA) is 63.7 Å². The van der Waals surface area contributed by atoms with Gasteiger partial charge in [-0.2, -0.15) is 0 Å². The number of fused-ring (bicyclic) bond motifs is 1. The number of hydrogen-bond acceptors (Lipinski definition) is 4. The van der Waals surface area contributed by atoms with Gasteiger partial charge < -0.3 is 4.74 Å². The highest BCUT2D eigenvalue weighted by Crippen LogP contribution is 2.29. The minimum absolute atomic E-state index is 0.263. The number of hydrogen-bond donors (Lipinski definition) is 0. The summed E-state index contributed by atoms with van der Waals surface area (Å²) in [4.78, 5) is 39.1. The molecule has 0 fully saturated rings. The Balaban J connectivity index is 1.89. The van der Waals surface area contributed by atoms with Crippen LogP contribution in [0.1, 0.15) is 46.5 Å². The van der Waals surface area contributed by atoms with Gasteiger partial charge in [-0.1, -0.05) is 31.2 Å². The number of ether oxygens (including phenoxy) is 1. The van der Waals surface area contributed by atoms with Crippen LogP contribution in [0, 0.1) is 11.7 Å². The third kappa shape index (κ3) is 3.96. The summed E-state index contributed by atoms with van der Waals surface area (Å²) in [6.45, 7) is 3.71. The number of carbonyl (C=O) groups is 3. The number of rotatable bonds is 7. The third-order valence-electron chi connectivity index (χ3n) is 4.89. The van der Waals surface area contributed by atoms with E-state index in [2.05, 4.69) is 0 Å². The van der Waals surface area contributed by atoms with E-state index >= 15 is 0 Å². The quantitative estimate of drug-likeness (QED) is 0.541. The highest BCUT2D eigenvalue weighted by atomic mass is 19.1. The van der Waals surface area contributed by atoms with Crippen molar-refractivity contribution in [2.75, 3.05) is 6.61 Å². The van der Waals surface area contributed by atoms with Gasteiger partial charge >= 0.3 is 5.97 Å². The molecule has 5 nitrogen and oxygen atoms in total. The number of esters is 1. The van der Waals surface area contributed by atoms with Crippen LogP contribution in [-0.4, -0.2) is 35.3 Å². The monoisotopic (exact) mass is 383 g/mol. The molecule has 0 aliphatic carbocycles. The van der Waals surface area contributed by atoms with Gasteiger partial charge in [-0.15, -0.1) is 0 Å². The first-order valence-corrected chi connectivity index (χ1v) is 9.30. The molecule has 0 radical (unpaired) electrons. The lowest BCUT2D eigenvalue weighted by Crippen LogP contribution is -2.43. The second kappa shape index (κ2) is 8.33. The molecule has 3 rings (SSSR count). The summed E-state index contributed by atoms with van der Waals surface area (Å²) in [6.07, 6.45) is 0.594. The second-order valence-electron chi connectivity index (χ2n) is 6.90.